The molecule has 0 aliphatic carbocycles. The van der Waals surface area contributed by atoms with Gasteiger partial charge in [-0.05, 0) is 28.1 Å². The largest absolute Gasteiger partial charge is 0.389 e. The van der Waals surface area contributed by atoms with Crippen LogP contribution in [0.1, 0.15) is 12.1 Å². The molecule has 6 heteroatoms. The maximum absolute atomic E-state index is 12.1. The van der Waals surface area contributed by atoms with Gasteiger partial charge in [0.1, 0.15) is 0 Å². The van der Waals surface area contributed by atoms with Gasteiger partial charge in [0, 0.05) is 18.2 Å². The first kappa shape index (κ1) is 11.4. The number of fused-ring (bicyclic) bond motifs is 1. The second-order valence-corrected chi connectivity index (χ2v) is 4.22. The molecule has 0 aliphatic rings. The molecule has 0 spiro atoms. The van der Waals surface area contributed by atoms with Crippen molar-refractivity contribution in [3.8, 4) is 0 Å². The summed E-state index contributed by atoms with van der Waals surface area (Å²) in [6, 6.07) is 5.18. The van der Waals surface area contributed by atoms with Crippen LogP contribution >= 0.6 is 15.9 Å². The zero-order valence-electron chi connectivity index (χ0n) is 8.01. The van der Waals surface area contributed by atoms with Gasteiger partial charge >= 0.3 is 6.18 Å². The fraction of sp³-hybridized carbons (Fsp3) is 0.300. The van der Waals surface area contributed by atoms with Crippen molar-refractivity contribution in [3.05, 3.63) is 28.4 Å². The third kappa shape index (κ3) is 2.37. The van der Waals surface area contributed by atoms with Gasteiger partial charge in [-0.15, -0.1) is 0 Å². The zero-order chi connectivity index (χ0) is 11.8. The molecule has 0 saturated carbocycles. The first-order chi connectivity index (χ1) is 7.47. The van der Waals surface area contributed by atoms with E-state index in [0.29, 0.717) is 21.1 Å². The Morgan fingerprint density at radius 3 is 2.75 bits per heavy atom. The topological polar surface area (TPSA) is 26.0 Å². The molecule has 1 heterocycles. The van der Waals surface area contributed by atoms with Crippen LogP contribution in [0.4, 0.5) is 13.2 Å². The number of benzene rings is 1. The lowest BCUT2D eigenvalue weighted by Crippen LogP contribution is -2.08. The van der Waals surface area contributed by atoms with Crippen LogP contribution in [-0.4, -0.2) is 11.3 Å². The second kappa shape index (κ2) is 4.08. The fourth-order valence-electron chi connectivity index (χ4n) is 1.42. The van der Waals surface area contributed by atoms with Crippen LogP contribution in [-0.2, 0) is 6.42 Å². The number of hydrogen-bond acceptors (Lipinski definition) is 2. The molecule has 2 rings (SSSR count). The number of alkyl halides is 3. The Bertz CT molecular complexity index is 506. The minimum absolute atomic E-state index is 0.160. The van der Waals surface area contributed by atoms with Gasteiger partial charge in [-0.3, -0.25) is 0 Å². The summed E-state index contributed by atoms with van der Waals surface area (Å²) in [6.45, 7) is 0. The van der Waals surface area contributed by atoms with Crippen LogP contribution in [0.3, 0.4) is 0 Å². The molecule has 86 valence electrons. The summed E-state index contributed by atoms with van der Waals surface area (Å²) in [5, 5.41) is 4.28. The van der Waals surface area contributed by atoms with Crippen molar-refractivity contribution < 1.29 is 17.7 Å². The number of halogens is 4. The van der Waals surface area contributed by atoms with E-state index >= 15 is 0 Å². The van der Waals surface area contributed by atoms with Crippen LogP contribution in [0.15, 0.2) is 27.2 Å². The van der Waals surface area contributed by atoms with Gasteiger partial charge in [-0.2, -0.15) is 13.2 Å². The molecule has 1 aromatic heterocycles. The highest BCUT2D eigenvalue weighted by atomic mass is 79.9. The minimum Gasteiger partial charge on any atom is -0.355 e. The highest BCUT2D eigenvalue weighted by Gasteiger charge is 2.27. The van der Waals surface area contributed by atoms with E-state index in [0.717, 1.165) is 0 Å². The van der Waals surface area contributed by atoms with Gasteiger partial charge in [0.15, 0.2) is 5.58 Å². The Hall–Kier alpha value is -1.04. The van der Waals surface area contributed by atoms with Crippen molar-refractivity contribution >= 4 is 26.9 Å². The van der Waals surface area contributed by atoms with E-state index in [4.69, 9.17) is 4.52 Å². The predicted octanol–water partition coefficient (Wildman–Crippen LogP) is 4.09. The van der Waals surface area contributed by atoms with Crippen molar-refractivity contribution in [3.63, 3.8) is 0 Å². The van der Waals surface area contributed by atoms with Crippen molar-refractivity contribution in [1.82, 2.24) is 5.16 Å². The van der Waals surface area contributed by atoms with Crippen LogP contribution < -0.4 is 0 Å². The van der Waals surface area contributed by atoms with Crippen molar-refractivity contribution in [2.24, 2.45) is 0 Å². The number of aryl methyl sites for hydroxylation is 1. The summed E-state index contributed by atoms with van der Waals surface area (Å²) in [5.41, 5.74) is 0.827. The zero-order valence-corrected chi connectivity index (χ0v) is 9.60. The van der Waals surface area contributed by atoms with Crippen molar-refractivity contribution in [2.45, 2.75) is 19.0 Å². The predicted molar refractivity (Wildman–Crippen MR) is 56.1 cm³/mol. The standard InChI is InChI=1S/C10H7BrF3NO/c11-7-3-1-2-6-8(15-16-9(6)7)4-5-10(12,13)14/h1-3H,4-5H2. The van der Waals surface area contributed by atoms with Gasteiger partial charge in [0.05, 0.1) is 10.2 Å². The first-order valence-electron chi connectivity index (χ1n) is 4.57. The second-order valence-electron chi connectivity index (χ2n) is 3.36. The highest BCUT2D eigenvalue weighted by Crippen LogP contribution is 2.29. The number of nitrogens with zero attached hydrogens (tertiary/aromatic N) is 1. The Morgan fingerprint density at radius 1 is 1.31 bits per heavy atom. The molecule has 0 N–H and O–H groups in total. The Balaban J connectivity index is 2.29. The summed E-state index contributed by atoms with van der Waals surface area (Å²) >= 11 is 3.24. The third-order valence-corrected chi connectivity index (χ3v) is 2.79. The van der Waals surface area contributed by atoms with Gasteiger partial charge < -0.3 is 4.52 Å². The molecule has 0 unspecified atom stereocenters. The van der Waals surface area contributed by atoms with Gasteiger partial charge in [0.25, 0.3) is 0 Å². The van der Waals surface area contributed by atoms with Crippen LogP contribution in [0.5, 0.6) is 0 Å². The summed E-state index contributed by atoms with van der Waals surface area (Å²) in [5.74, 6) is 0. The molecule has 0 fully saturated rings. The molecule has 2 nitrogen and oxygen atoms in total. The minimum atomic E-state index is -4.17. The van der Waals surface area contributed by atoms with E-state index in [1.807, 2.05) is 0 Å². The van der Waals surface area contributed by atoms with Gasteiger partial charge in [-0.25, -0.2) is 0 Å². The Labute approximate surface area is 97.5 Å². The van der Waals surface area contributed by atoms with E-state index in [-0.39, 0.29) is 6.42 Å². The summed E-state index contributed by atoms with van der Waals surface area (Å²) in [7, 11) is 0. The lowest BCUT2D eigenvalue weighted by Gasteiger charge is -2.03. The first-order valence-corrected chi connectivity index (χ1v) is 5.36. The van der Waals surface area contributed by atoms with E-state index in [2.05, 4.69) is 21.1 Å². The number of aromatic nitrogens is 1. The smallest absolute Gasteiger partial charge is 0.355 e. The van der Waals surface area contributed by atoms with E-state index in [1.165, 1.54) is 0 Å². The van der Waals surface area contributed by atoms with Crippen LogP contribution in [0.2, 0.25) is 0 Å². The lowest BCUT2D eigenvalue weighted by atomic mass is 10.1. The third-order valence-electron chi connectivity index (χ3n) is 2.17. The Morgan fingerprint density at radius 2 is 2.06 bits per heavy atom. The van der Waals surface area contributed by atoms with E-state index in [1.54, 1.807) is 18.2 Å². The fourth-order valence-corrected chi connectivity index (χ4v) is 1.86. The number of para-hydroxylation sites is 1. The SMILES string of the molecule is FC(F)(F)CCc1noc2c(Br)cccc12. The molecule has 1 aromatic carbocycles. The van der Waals surface area contributed by atoms with E-state index < -0.39 is 12.6 Å². The molecule has 16 heavy (non-hydrogen) atoms. The van der Waals surface area contributed by atoms with Crippen LogP contribution in [0, 0.1) is 0 Å². The molecule has 0 saturated heterocycles. The molecule has 0 bridgehead atoms. The Kier molecular flexibility index (Phi) is 2.92. The molecular formula is C10H7BrF3NO. The molecule has 2 aromatic rings. The van der Waals surface area contributed by atoms with Crippen LogP contribution in [0.25, 0.3) is 11.0 Å². The molecule has 0 radical (unpaired) electrons. The molecule has 0 aliphatic heterocycles. The lowest BCUT2D eigenvalue weighted by molar-refractivity contribution is -0.134. The van der Waals surface area contributed by atoms with Crippen molar-refractivity contribution in [1.29, 1.82) is 0 Å². The average molecular weight is 294 g/mol. The summed E-state index contributed by atoms with van der Waals surface area (Å²) in [6.07, 6.45) is -5.22. The van der Waals surface area contributed by atoms with Gasteiger partial charge in [-0.1, -0.05) is 11.2 Å². The van der Waals surface area contributed by atoms with Crippen molar-refractivity contribution in [2.75, 3.05) is 0 Å². The normalized spacial score (nSPS) is 12.2. The summed E-state index contributed by atoms with van der Waals surface area (Å²) < 4.78 is 41.8. The maximum atomic E-state index is 12.1. The van der Waals surface area contributed by atoms with E-state index in [9.17, 15) is 13.2 Å². The number of hydrogen-bond donors (Lipinski definition) is 0. The monoisotopic (exact) mass is 293 g/mol. The highest BCUT2D eigenvalue weighted by molar-refractivity contribution is 9.10. The maximum Gasteiger partial charge on any atom is 0.389 e. The molecule has 0 amide bonds. The van der Waals surface area contributed by atoms with Gasteiger partial charge in [0.2, 0.25) is 0 Å². The molecule has 0 atom stereocenters. The summed E-state index contributed by atoms with van der Waals surface area (Å²) in [4.78, 5) is 0. The average Bonchev–Trinajstić information content (AvgIpc) is 2.58. The molecular weight excluding hydrogens is 287 g/mol. The number of rotatable bonds is 2. The quantitative estimate of drug-likeness (QED) is 0.834.